The van der Waals surface area contributed by atoms with Crippen LogP contribution in [0.3, 0.4) is 0 Å². The SMILES string of the molecule is COc1ccc(C#Cc2ccc3c(-c4c(O)ccc5cc(C#Cc6ccc(OC)cc6)ccc45)c(O)ccc3c2)cc1. The number of ether oxygens (including phenoxy) is 2. The zero-order chi connectivity index (χ0) is 29.1. The third kappa shape index (κ3) is 5.30. The van der Waals surface area contributed by atoms with Crippen LogP contribution in [-0.2, 0) is 0 Å². The number of methoxy groups -OCH3 is 2. The quantitative estimate of drug-likeness (QED) is 0.222. The Morgan fingerprint density at radius 1 is 0.429 bits per heavy atom. The Bertz CT molecular complexity index is 1910. The van der Waals surface area contributed by atoms with Crippen LogP contribution in [0.1, 0.15) is 22.3 Å². The van der Waals surface area contributed by atoms with Crippen LogP contribution >= 0.6 is 0 Å². The van der Waals surface area contributed by atoms with Crippen LogP contribution in [0.4, 0.5) is 0 Å². The topological polar surface area (TPSA) is 58.9 Å². The lowest BCUT2D eigenvalue weighted by Crippen LogP contribution is -1.88. The highest BCUT2D eigenvalue weighted by Crippen LogP contribution is 2.44. The van der Waals surface area contributed by atoms with Gasteiger partial charge >= 0.3 is 0 Å². The smallest absolute Gasteiger partial charge is 0.124 e. The first-order valence-corrected chi connectivity index (χ1v) is 13.4. The maximum Gasteiger partial charge on any atom is 0.124 e. The number of benzene rings is 6. The van der Waals surface area contributed by atoms with E-state index >= 15 is 0 Å². The second-order valence-electron chi connectivity index (χ2n) is 9.75. The summed E-state index contributed by atoms with van der Waals surface area (Å²) in [5.41, 5.74) is 4.60. The van der Waals surface area contributed by atoms with Crippen LogP contribution in [0.25, 0.3) is 32.7 Å². The van der Waals surface area contributed by atoms with Crippen molar-refractivity contribution in [2.45, 2.75) is 0 Å². The van der Waals surface area contributed by atoms with Crippen molar-refractivity contribution in [3.05, 3.63) is 131 Å². The van der Waals surface area contributed by atoms with Crippen molar-refractivity contribution in [3.8, 4) is 57.8 Å². The molecule has 42 heavy (non-hydrogen) atoms. The summed E-state index contributed by atoms with van der Waals surface area (Å²) in [6, 6.07) is 34.0. The molecule has 0 radical (unpaired) electrons. The second kappa shape index (κ2) is 11.3. The van der Waals surface area contributed by atoms with E-state index in [9.17, 15) is 10.2 Å². The Hall–Kier alpha value is -5.84. The molecule has 6 aromatic rings. The van der Waals surface area contributed by atoms with Gasteiger partial charge < -0.3 is 19.7 Å². The summed E-state index contributed by atoms with van der Waals surface area (Å²) in [5, 5.41) is 25.5. The molecule has 0 aromatic heterocycles. The molecule has 4 heteroatoms. The number of rotatable bonds is 3. The van der Waals surface area contributed by atoms with Gasteiger partial charge in [-0.1, -0.05) is 47.9 Å². The van der Waals surface area contributed by atoms with Crippen LogP contribution in [0.5, 0.6) is 23.0 Å². The first-order chi connectivity index (χ1) is 20.5. The summed E-state index contributed by atoms with van der Waals surface area (Å²) in [7, 11) is 3.27. The van der Waals surface area contributed by atoms with Gasteiger partial charge in [-0.15, -0.1) is 0 Å². The maximum absolute atomic E-state index is 11.0. The molecular formula is C38H26O4. The molecule has 0 aliphatic carbocycles. The van der Waals surface area contributed by atoms with Crippen molar-refractivity contribution in [1.82, 2.24) is 0 Å². The fourth-order valence-corrected chi connectivity index (χ4v) is 4.95. The fourth-order valence-electron chi connectivity index (χ4n) is 4.95. The lowest BCUT2D eigenvalue weighted by atomic mass is 9.91. The van der Waals surface area contributed by atoms with Gasteiger partial charge in [-0.25, -0.2) is 0 Å². The fraction of sp³-hybridized carbons (Fsp3) is 0.0526. The minimum Gasteiger partial charge on any atom is -0.507 e. The minimum atomic E-state index is 0.0886. The normalized spacial score (nSPS) is 10.4. The maximum atomic E-state index is 11.0. The largest absolute Gasteiger partial charge is 0.507 e. The molecule has 6 aromatic carbocycles. The van der Waals surface area contributed by atoms with E-state index in [4.69, 9.17) is 9.47 Å². The van der Waals surface area contributed by atoms with Crippen LogP contribution < -0.4 is 9.47 Å². The van der Waals surface area contributed by atoms with Gasteiger partial charge in [-0.2, -0.15) is 0 Å². The van der Waals surface area contributed by atoms with Crippen molar-refractivity contribution < 1.29 is 19.7 Å². The summed E-state index contributed by atoms with van der Waals surface area (Å²) in [6.07, 6.45) is 0. The van der Waals surface area contributed by atoms with E-state index < -0.39 is 0 Å². The van der Waals surface area contributed by atoms with Crippen LogP contribution in [-0.4, -0.2) is 24.4 Å². The van der Waals surface area contributed by atoms with Crippen LogP contribution in [0, 0.1) is 23.7 Å². The van der Waals surface area contributed by atoms with Gasteiger partial charge in [0, 0.05) is 33.4 Å². The Labute approximate surface area is 244 Å². The molecule has 0 saturated heterocycles. The molecule has 0 saturated carbocycles. The average molecular weight is 547 g/mol. The molecule has 0 unspecified atom stereocenters. The second-order valence-corrected chi connectivity index (χ2v) is 9.75. The van der Waals surface area contributed by atoms with Gasteiger partial charge in [0.1, 0.15) is 23.0 Å². The predicted molar refractivity (Wildman–Crippen MR) is 168 cm³/mol. The summed E-state index contributed by atoms with van der Waals surface area (Å²) in [4.78, 5) is 0. The van der Waals surface area contributed by atoms with Crippen LogP contribution in [0.15, 0.2) is 109 Å². The lowest BCUT2D eigenvalue weighted by molar-refractivity contribution is 0.414. The van der Waals surface area contributed by atoms with E-state index in [1.165, 1.54) is 0 Å². The molecule has 0 fully saturated rings. The van der Waals surface area contributed by atoms with E-state index in [-0.39, 0.29) is 11.5 Å². The van der Waals surface area contributed by atoms with Crippen LogP contribution in [0.2, 0.25) is 0 Å². The molecule has 4 nitrogen and oxygen atoms in total. The third-order valence-corrected chi connectivity index (χ3v) is 7.13. The van der Waals surface area contributed by atoms with E-state index in [0.717, 1.165) is 55.3 Å². The highest BCUT2D eigenvalue weighted by Gasteiger charge is 2.17. The van der Waals surface area contributed by atoms with E-state index in [2.05, 4.69) is 23.7 Å². The van der Waals surface area contributed by atoms with Gasteiger partial charge in [0.15, 0.2) is 0 Å². The van der Waals surface area contributed by atoms with E-state index in [0.29, 0.717) is 11.1 Å². The number of hydrogen-bond donors (Lipinski definition) is 2. The standard InChI is InChI=1S/C38H26O4/c1-41-31-15-7-25(8-16-31)3-5-27-11-19-33-29(23-27)13-21-35(39)37(33)38-34-20-12-28(24-30(34)14-22-36(38)40)6-4-26-9-17-32(42-2)18-10-26/h7-24,39-40H,1-2H3. The third-order valence-electron chi connectivity index (χ3n) is 7.13. The minimum absolute atomic E-state index is 0.0886. The van der Waals surface area contributed by atoms with E-state index in [1.807, 2.05) is 97.1 Å². The Morgan fingerprint density at radius 2 is 0.786 bits per heavy atom. The van der Waals surface area contributed by atoms with Gasteiger partial charge in [-0.05, 0) is 106 Å². The molecule has 2 N–H and O–H groups in total. The molecule has 0 spiro atoms. The van der Waals surface area contributed by atoms with E-state index in [1.54, 1.807) is 26.4 Å². The van der Waals surface area contributed by atoms with Gasteiger partial charge in [0.2, 0.25) is 0 Å². The molecule has 202 valence electrons. The number of fused-ring (bicyclic) bond motifs is 2. The predicted octanol–water partition coefficient (Wildman–Crippen LogP) is 7.89. The van der Waals surface area contributed by atoms with Gasteiger partial charge in [0.05, 0.1) is 14.2 Å². The molecule has 0 amide bonds. The summed E-state index contributed by atoms with van der Waals surface area (Å²) >= 11 is 0. The number of phenols is 2. The zero-order valence-corrected chi connectivity index (χ0v) is 23.1. The summed E-state index contributed by atoms with van der Waals surface area (Å²) in [6.45, 7) is 0. The Balaban J connectivity index is 1.39. The highest BCUT2D eigenvalue weighted by molar-refractivity contribution is 6.10. The molecule has 6 rings (SSSR count). The molecule has 0 heterocycles. The van der Waals surface area contributed by atoms with Crippen molar-refractivity contribution in [3.63, 3.8) is 0 Å². The molecular weight excluding hydrogens is 520 g/mol. The zero-order valence-electron chi connectivity index (χ0n) is 23.1. The van der Waals surface area contributed by atoms with Gasteiger partial charge in [0.25, 0.3) is 0 Å². The van der Waals surface area contributed by atoms with Gasteiger partial charge in [-0.3, -0.25) is 0 Å². The van der Waals surface area contributed by atoms with Crippen molar-refractivity contribution in [2.75, 3.05) is 14.2 Å². The molecule has 0 aliphatic heterocycles. The molecule has 0 aliphatic rings. The molecule has 0 bridgehead atoms. The number of phenolic OH excluding ortho intramolecular Hbond substituents is 2. The number of aromatic hydroxyl groups is 2. The van der Waals surface area contributed by atoms with Crippen molar-refractivity contribution in [2.24, 2.45) is 0 Å². The summed E-state index contributed by atoms with van der Waals surface area (Å²) in [5.74, 6) is 14.6. The average Bonchev–Trinajstić information content (AvgIpc) is 3.03. The summed E-state index contributed by atoms with van der Waals surface area (Å²) < 4.78 is 10.4. The monoisotopic (exact) mass is 546 g/mol. The lowest BCUT2D eigenvalue weighted by Gasteiger charge is -2.14. The first-order valence-electron chi connectivity index (χ1n) is 13.4. The Morgan fingerprint density at radius 3 is 1.17 bits per heavy atom. The highest BCUT2D eigenvalue weighted by atomic mass is 16.5. The first kappa shape index (κ1) is 26.4. The van der Waals surface area contributed by atoms with Crippen molar-refractivity contribution in [1.29, 1.82) is 0 Å². The Kier molecular flexibility index (Phi) is 7.12. The number of hydrogen-bond acceptors (Lipinski definition) is 4. The van der Waals surface area contributed by atoms with Crippen molar-refractivity contribution >= 4 is 21.5 Å². The molecule has 0 atom stereocenters.